The van der Waals surface area contributed by atoms with Gasteiger partial charge in [-0.3, -0.25) is 0 Å². The van der Waals surface area contributed by atoms with Crippen molar-refractivity contribution in [1.29, 1.82) is 0 Å². The van der Waals surface area contributed by atoms with Crippen LogP contribution in [0.3, 0.4) is 0 Å². The summed E-state index contributed by atoms with van der Waals surface area (Å²) in [5, 5.41) is 0. The van der Waals surface area contributed by atoms with Crippen molar-refractivity contribution in [2.75, 3.05) is 0 Å². The highest BCUT2D eigenvalue weighted by molar-refractivity contribution is 5.70. The summed E-state index contributed by atoms with van der Waals surface area (Å²) >= 11 is 0. The minimum atomic E-state index is 1.06. The summed E-state index contributed by atoms with van der Waals surface area (Å²) in [6.45, 7) is 3.98. The third-order valence-corrected chi connectivity index (χ3v) is 2.22. The Hall–Kier alpha value is -1.30. The van der Waals surface area contributed by atoms with E-state index in [0.717, 1.165) is 12.8 Å². The van der Waals surface area contributed by atoms with Crippen molar-refractivity contribution in [1.82, 2.24) is 0 Å². The molecule has 60 valence electrons. The maximum absolute atomic E-state index is 3.98. The molecule has 0 spiro atoms. The number of allylic oxidation sites excluding steroid dienone is 3. The summed E-state index contributed by atoms with van der Waals surface area (Å²) in [7, 11) is 0. The highest BCUT2D eigenvalue weighted by Crippen LogP contribution is 2.30. The molecule has 2 rings (SSSR count). The molecule has 0 N–H and O–H groups in total. The third-order valence-electron chi connectivity index (χ3n) is 2.22. The molecule has 0 fully saturated rings. The van der Waals surface area contributed by atoms with Crippen molar-refractivity contribution in [3.8, 4) is 0 Å². The SMILES string of the molecule is C=C1CC=C(c2ccccc2)C1. The standard InChI is InChI=1S/C12H12/c1-10-7-8-12(9-10)11-5-3-2-4-6-11/h2-6,8H,1,7,9H2. The van der Waals surface area contributed by atoms with E-state index in [4.69, 9.17) is 0 Å². The number of hydrogen-bond donors (Lipinski definition) is 0. The van der Waals surface area contributed by atoms with E-state index in [1.165, 1.54) is 16.7 Å². The molecule has 1 aromatic rings. The van der Waals surface area contributed by atoms with Gasteiger partial charge in [0.25, 0.3) is 0 Å². The second kappa shape index (κ2) is 2.98. The summed E-state index contributed by atoms with van der Waals surface area (Å²) in [5.74, 6) is 0. The lowest BCUT2D eigenvalue weighted by atomic mass is 10.1. The molecule has 0 aliphatic heterocycles. The molecule has 12 heavy (non-hydrogen) atoms. The van der Waals surface area contributed by atoms with E-state index in [0.29, 0.717) is 0 Å². The van der Waals surface area contributed by atoms with E-state index in [9.17, 15) is 0 Å². The second-order valence-electron chi connectivity index (χ2n) is 3.23. The first kappa shape index (κ1) is 7.35. The Labute approximate surface area is 73.2 Å². The quantitative estimate of drug-likeness (QED) is 0.546. The predicted molar refractivity (Wildman–Crippen MR) is 52.8 cm³/mol. The average Bonchev–Trinajstić information content (AvgIpc) is 2.54. The maximum atomic E-state index is 3.98. The molecular weight excluding hydrogens is 144 g/mol. The molecule has 0 radical (unpaired) electrons. The van der Waals surface area contributed by atoms with Crippen molar-refractivity contribution in [3.63, 3.8) is 0 Å². The minimum absolute atomic E-state index is 1.06. The monoisotopic (exact) mass is 156 g/mol. The molecule has 0 saturated heterocycles. The van der Waals surface area contributed by atoms with Gasteiger partial charge in [-0.25, -0.2) is 0 Å². The molecule has 1 aliphatic carbocycles. The maximum Gasteiger partial charge on any atom is -0.00638 e. The molecule has 1 aromatic carbocycles. The Morgan fingerprint density at radius 1 is 1.08 bits per heavy atom. The van der Waals surface area contributed by atoms with E-state index in [1.807, 2.05) is 6.07 Å². The molecule has 0 atom stereocenters. The van der Waals surface area contributed by atoms with E-state index in [2.05, 4.69) is 36.9 Å². The van der Waals surface area contributed by atoms with Crippen molar-refractivity contribution < 1.29 is 0 Å². The Morgan fingerprint density at radius 3 is 2.42 bits per heavy atom. The van der Waals surface area contributed by atoms with E-state index >= 15 is 0 Å². The molecule has 0 amide bonds. The Morgan fingerprint density at radius 2 is 1.83 bits per heavy atom. The van der Waals surface area contributed by atoms with Gasteiger partial charge in [0.15, 0.2) is 0 Å². The zero-order chi connectivity index (χ0) is 8.39. The van der Waals surface area contributed by atoms with Crippen LogP contribution in [-0.4, -0.2) is 0 Å². The van der Waals surface area contributed by atoms with Crippen LogP contribution in [0.4, 0.5) is 0 Å². The first-order chi connectivity index (χ1) is 5.86. The number of hydrogen-bond acceptors (Lipinski definition) is 0. The van der Waals surface area contributed by atoms with Crippen LogP contribution in [0.2, 0.25) is 0 Å². The van der Waals surface area contributed by atoms with Gasteiger partial charge < -0.3 is 0 Å². The van der Waals surface area contributed by atoms with Crippen LogP contribution < -0.4 is 0 Å². The smallest absolute Gasteiger partial charge is 0.00638 e. The van der Waals surface area contributed by atoms with Crippen LogP contribution in [0.1, 0.15) is 18.4 Å². The van der Waals surface area contributed by atoms with Gasteiger partial charge in [-0.1, -0.05) is 48.6 Å². The fourth-order valence-electron chi connectivity index (χ4n) is 1.55. The van der Waals surface area contributed by atoms with Gasteiger partial charge in [0.1, 0.15) is 0 Å². The molecular formula is C12H12. The topological polar surface area (TPSA) is 0 Å². The largest absolute Gasteiger partial charge is 0.0992 e. The van der Waals surface area contributed by atoms with E-state index in [-0.39, 0.29) is 0 Å². The normalized spacial score (nSPS) is 16.3. The van der Waals surface area contributed by atoms with Crippen molar-refractivity contribution in [2.45, 2.75) is 12.8 Å². The highest BCUT2D eigenvalue weighted by atomic mass is 14.1. The van der Waals surface area contributed by atoms with Gasteiger partial charge in [-0.15, -0.1) is 0 Å². The van der Waals surface area contributed by atoms with Crippen molar-refractivity contribution >= 4 is 5.57 Å². The first-order valence-corrected chi connectivity index (χ1v) is 4.27. The molecule has 0 bridgehead atoms. The molecule has 0 aromatic heterocycles. The van der Waals surface area contributed by atoms with Gasteiger partial charge in [0.05, 0.1) is 0 Å². The van der Waals surface area contributed by atoms with Crippen LogP contribution in [0.5, 0.6) is 0 Å². The number of benzene rings is 1. The van der Waals surface area contributed by atoms with Crippen molar-refractivity contribution in [3.05, 3.63) is 54.1 Å². The molecule has 0 nitrogen and oxygen atoms in total. The summed E-state index contributed by atoms with van der Waals surface area (Å²) in [6.07, 6.45) is 4.39. The van der Waals surface area contributed by atoms with Crippen LogP contribution in [0, 0.1) is 0 Å². The molecule has 0 heteroatoms. The molecule has 1 aliphatic rings. The lowest BCUT2D eigenvalue weighted by Gasteiger charge is -2.00. The first-order valence-electron chi connectivity index (χ1n) is 4.27. The lowest BCUT2D eigenvalue weighted by Crippen LogP contribution is -1.78. The second-order valence-corrected chi connectivity index (χ2v) is 3.23. The fraction of sp³-hybridized carbons (Fsp3) is 0.167. The minimum Gasteiger partial charge on any atom is -0.0992 e. The Bertz CT molecular complexity index is 317. The lowest BCUT2D eigenvalue weighted by molar-refractivity contribution is 1.22. The zero-order valence-electron chi connectivity index (χ0n) is 7.09. The predicted octanol–water partition coefficient (Wildman–Crippen LogP) is 3.42. The summed E-state index contributed by atoms with van der Waals surface area (Å²) in [5.41, 5.74) is 4.10. The molecule has 0 heterocycles. The Balaban J connectivity index is 2.28. The van der Waals surface area contributed by atoms with E-state index in [1.54, 1.807) is 0 Å². The van der Waals surface area contributed by atoms with Gasteiger partial charge in [0.2, 0.25) is 0 Å². The van der Waals surface area contributed by atoms with Crippen LogP contribution in [-0.2, 0) is 0 Å². The number of rotatable bonds is 1. The average molecular weight is 156 g/mol. The van der Waals surface area contributed by atoms with E-state index < -0.39 is 0 Å². The summed E-state index contributed by atoms with van der Waals surface area (Å²) in [6, 6.07) is 10.5. The summed E-state index contributed by atoms with van der Waals surface area (Å²) < 4.78 is 0. The van der Waals surface area contributed by atoms with Crippen LogP contribution in [0.15, 0.2) is 48.6 Å². The van der Waals surface area contributed by atoms with Crippen LogP contribution in [0.25, 0.3) is 5.57 Å². The van der Waals surface area contributed by atoms with Crippen LogP contribution >= 0.6 is 0 Å². The molecule has 0 saturated carbocycles. The van der Waals surface area contributed by atoms with Gasteiger partial charge in [-0.2, -0.15) is 0 Å². The third kappa shape index (κ3) is 1.33. The fourth-order valence-corrected chi connectivity index (χ4v) is 1.55. The highest BCUT2D eigenvalue weighted by Gasteiger charge is 2.08. The van der Waals surface area contributed by atoms with Gasteiger partial charge in [-0.05, 0) is 24.0 Å². The Kier molecular flexibility index (Phi) is 1.83. The zero-order valence-corrected chi connectivity index (χ0v) is 7.09. The molecule has 0 unspecified atom stereocenters. The van der Waals surface area contributed by atoms with Gasteiger partial charge in [0, 0.05) is 0 Å². The van der Waals surface area contributed by atoms with Gasteiger partial charge >= 0.3 is 0 Å². The van der Waals surface area contributed by atoms with Crippen molar-refractivity contribution in [2.24, 2.45) is 0 Å². The summed E-state index contributed by atoms with van der Waals surface area (Å²) in [4.78, 5) is 0.